The van der Waals surface area contributed by atoms with Gasteiger partial charge in [-0.15, -0.1) is 0 Å². The number of rotatable bonds is 4. The Morgan fingerprint density at radius 1 is 1.29 bits per heavy atom. The number of aryl methyl sites for hydroxylation is 1. The Balaban J connectivity index is 1.80. The maximum Gasteiger partial charge on any atom is 0.419 e. The lowest BCUT2D eigenvalue weighted by Gasteiger charge is -2.27. The Kier molecular flexibility index (Phi) is 4.43. The van der Waals surface area contributed by atoms with Gasteiger partial charge in [-0.05, 0) is 24.3 Å². The molecule has 0 bridgehead atoms. The summed E-state index contributed by atoms with van der Waals surface area (Å²) < 4.78 is 48.1. The topological polar surface area (TPSA) is 75.8 Å². The maximum atomic E-state index is 13.6. The van der Waals surface area contributed by atoms with Crippen LogP contribution in [0, 0.1) is 17.2 Å². The van der Waals surface area contributed by atoms with Crippen molar-refractivity contribution < 1.29 is 17.9 Å². The van der Waals surface area contributed by atoms with Gasteiger partial charge in [0.1, 0.15) is 17.5 Å². The molecule has 9 heteroatoms. The molecule has 1 fully saturated rings. The zero-order valence-electron chi connectivity index (χ0n) is 14.9. The van der Waals surface area contributed by atoms with Crippen LogP contribution in [0.4, 0.5) is 13.2 Å². The van der Waals surface area contributed by atoms with Gasteiger partial charge in [0.25, 0.3) is 0 Å². The molecule has 3 aromatic rings. The molecule has 1 aliphatic rings. The summed E-state index contributed by atoms with van der Waals surface area (Å²) in [6, 6.07) is 7.43. The molecular weight excluding hydrogens is 371 g/mol. The van der Waals surface area contributed by atoms with Crippen LogP contribution in [0.15, 0.2) is 30.5 Å². The third-order valence-corrected chi connectivity index (χ3v) is 4.72. The Morgan fingerprint density at radius 3 is 2.71 bits per heavy atom. The van der Waals surface area contributed by atoms with Gasteiger partial charge in [-0.25, -0.2) is 9.97 Å². The Morgan fingerprint density at radius 2 is 2.07 bits per heavy atom. The van der Waals surface area contributed by atoms with Crippen LogP contribution in [0.3, 0.4) is 0 Å². The number of aromatic nitrogens is 3. The second-order valence-electron chi connectivity index (χ2n) is 6.72. The number of nitriles is 1. The number of fused-ring (bicyclic) bond motifs is 1. The number of alkyl halides is 3. The number of hydrogen-bond donors (Lipinski definition) is 1. The third-order valence-electron chi connectivity index (χ3n) is 4.72. The number of ether oxygens (including phenoxy) is 1. The fraction of sp³-hybridized carbons (Fsp3) is 0.316. The van der Waals surface area contributed by atoms with Crippen LogP contribution in [0.2, 0.25) is 0 Å². The molecule has 28 heavy (non-hydrogen) atoms. The highest BCUT2D eigenvalue weighted by Crippen LogP contribution is 2.39. The van der Waals surface area contributed by atoms with E-state index in [-0.39, 0.29) is 35.4 Å². The van der Waals surface area contributed by atoms with Crippen molar-refractivity contribution in [2.24, 2.45) is 13.0 Å². The molecule has 1 aliphatic heterocycles. The second kappa shape index (κ2) is 6.80. The maximum absolute atomic E-state index is 13.6. The first-order chi connectivity index (χ1) is 13.4. The molecule has 4 rings (SSSR count). The van der Waals surface area contributed by atoms with E-state index in [0.717, 1.165) is 19.2 Å². The third kappa shape index (κ3) is 3.27. The minimum atomic E-state index is -4.58. The largest absolute Gasteiger partial charge is 0.493 e. The van der Waals surface area contributed by atoms with E-state index in [4.69, 9.17) is 4.74 Å². The average molecular weight is 387 g/mol. The molecular formula is C19H16F3N5O. The zero-order chi connectivity index (χ0) is 19.9. The SMILES string of the molecule is Cn1ccc2c(-c3ccc(OCC4CNC4)c(C(F)(F)F)c3)nc(C#N)nc21. The zero-order valence-corrected chi connectivity index (χ0v) is 14.9. The molecule has 1 aromatic carbocycles. The molecule has 0 saturated carbocycles. The van der Waals surface area contributed by atoms with Gasteiger partial charge < -0.3 is 14.6 Å². The molecule has 0 spiro atoms. The van der Waals surface area contributed by atoms with Gasteiger partial charge in [0.2, 0.25) is 5.82 Å². The Hall–Kier alpha value is -3.12. The van der Waals surface area contributed by atoms with Crippen molar-refractivity contribution in [1.82, 2.24) is 19.9 Å². The summed E-state index contributed by atoms with van der Waals surface area (Å²) in [5, 5.41) is 12.8. The van der Waals surface area contributed by atoms with E-state index in [1.165, 1.54) is 12.1 Å². The van der Waals surface area contributed by atoms with Gasteiger partial charge in [-0.3, -0.25) is 0 Å². The van der Waals surface area contributed by atoms with E-state index in [2.05, 4.69) is 15.3 Å². The van der Waals surface area contributed by atoms with Gasteiger partial charge >= 0.3 is 6.18 Å². The predicted octanol–water partition coefficient (Wildman–Crippen LogP) is 3.12. The quantitative estimate of drug-likeness (QED) is 0.745. The first kappa shape index (κ1) is 18.3. The number of halogens is 3. The van der Waals surface area contributed by atoms with Crippen LogP contribution in [-0.2, 0) is 13.2 Å². The lowest BCUT2D eigenvalue weighted by atomic mass is 10.0. The van der Waals surface area contributed by atoms with E-state index >= 15 is 0 Å². The fourth-order valence-corrected chi connectivity index (χ4v) is 3.11. The predicted molar refractivity (Wildman–Crippen MR) is 95.5 cm³/mol. The summed E-state index contributed by atoms with van der Waals surface area (Å²) in [6.45, 7) is 1.71. The van der Waals surface area contributed by atoms with Crippen LogP contribution < -0.4 is 10.1 Å². The van der Waals surface area contributed by atoms with Crippen LogP contribution in [0.5, 0.6) is 5.75 Å². The van der Waals surface area contributed by atoms with Gasteiger partial charge in [0.05, 0.1) is 17.9 Å². The summed E-state index contributed by atoms with van der Waals surface area (Å²) in [4.78, 5) is 8.28. The monoisotopic (exact) mass is 387 g/mol. The molecule has 3 heterocycles. The average Bonchev–Trinajstić information content (AvgIpc) is 3.00. The normalized spacial score (nSPS) is 14.7. The number of hydrogen-bond acceptors (Lipinski definition) is 5. The lowest BCUT2D eigenvalue weighted by molar-refractivity contribution is -0.139. The summed E-state index contributed by atoms with van der Waals surface area (Å²) >= 11 is 0. The Bertz CT molecular complexity index is 1080. The molecule has 0 amide bonds. The first-order valence-corrected chi connectivity index (χ1v) is 8.65. The van der Waals surface area contributed by atoms with Gasteiger partial charge in [-0.2, -0.15) is 18.4 Å². The fourth-order valence-electron chi connectivity index (χ4n) is 3.11. The standard InChI is InChI=1S/C19H16F3N5O/c1-27-5-4-13-17(25-16(7-23)26-18(13)27)12-2-3-15(14(6-12)19(20,21)22)28-10-11-8-24-9-11/h2-6,11,24H,8-10H2,1H3. The first-order valence-electron chi connectivity index (χ1n) is 8.65. The lowest BCUT2D eigenvalue weighted by Crippen LogP contribution is -2.45. The highest BCUT2D eigenvalue weighted by molar-refractivity contribution is 5.91. The highest BCUT2D eigenvalue weighted by atomic mass is 19.4. The van der Waals surface area contributed by atoms with Crippen molar-refractivity contribution >= 4 is 11.0 Å². The second-order valence-corrected chi connectivity index (χ2v) is 6.72. The minimum absolute atomic E-state index is 0.101. The van der Waals surface area contributed by atoms with Crippen molar-refractivity contribution in [1.29, 1.82) is 5.26 Å². The van der Waals surface area contributed by atoms with Crippen LogP contribution >= 0.6 is 0 Å². The molecule has 0 aliphatic carbocycles. The van der Waals surface area contributed by atoms with Crippen molar-refractivity contribution in [3.63, 3.8) is 0 Å². The van der Waals surface area contributed by atoms with Crippen LogP contribution in [0.1, 0.15) is 11.4 Å². The molecule has 0 radical (unpaired) electrons. The van der Waals surface area contributed by atoms with E-state index < -0.39 is 11.7 Å². The van der Waals surface area contributed by atoms with Crippen molar-refractivity contribution in [3.05, 3.63) is 41.9 Å². The smallest absolute Gasteiger partial charge is 0.419 e. The molecule has 0 atom stereocenters. The van der Waals surface area contributed by atoms with Crippen molar-refractivity contribution in [2.75, 3.05) is 19.7 Å². The summed E-state index contributed by atoms with van der Waals surface area (Å²) in [7, 11) is 1.74. The van der Waals surface area contributed by atoms with Crippen molar-refractivity contribution in [2.45, 2.75) is 6.18 Å². The molecule has 2 aromatic heterocycles. The van der Waals surface area contributed by atoms with Crippen LogP contribution in [0.25, 0.3) is 22.3 Å². The highest BCUT2D eigenvalue weighted by Gasteiger charge is 2.35. The van der Waals surface area contributed by atoms with E-state index in [0.29, 0.717) is 11.0 Å². The van der Waals surface area contributed by atoms with Crippen LogP contribution in [-0.4, -0.2) is 34.2 Å². The number of nitrogens with zero attached hydrogens (tertiary/aromatic N) is 4. The minimum Gasteiger partial charge on any atom is -0.493 e. The molecule has 0 unspecified atom stereocenters. The van der Waals surface area contributed by atoms with Gasteiger partial charge in [0, 0.05) is 43.2 Å². The van der Waals surface area contributed by atoms with E-state index in [9.17, 15) is 18.4 Å². The van der Waals surface area contributed by atoms with Gasteiger partial charge in [-0.1, -0.05) is 0 Å². The summed E-state index contributed by atoms with van der Waals surface area (Å²) in [5.41, 5.74) is 0.147. The number of nitrogens with one attached hydrogen (secondary N) is 1. The molecule has 6 nitrogen and oxygen atoms in total. The van der Waals surface area contributed by atoms with Crippen molar-refractivity contribution in [3.8, 4) is 23.1 Å². The van der Waals surface area contributed by atoms with E-state index in [1.807, 2.05) is 6.07 Å². The molecule has 144 valence electrons. The molecule has 1 N–H and O–H groups in total. The summed E-state index contributed by atoms with van der Waals surface area (Å²) in [6.07, 6.45) is -2.86. The van der Waals surface area contributed by atoms with E-state index in [1.54, 1.807) is 23.9 Å². The van der Waals surface area contributed by atoms with Gasteiger partial charge in [0.15, 0.2) is 0 Å². The Labute approximate surface area is 158 Å². The summed E-state index contributed by atoms with van der Waals surface area (Å²) in [5.74, 6) is -0.0950. The molecule has 1 saturated heterocycles. The number of benzene rings is 1.